The molecule has 0 aromatic carbocycles. The fraction of sp³-hybridized carbons (Fsp3) is 1.00. The van der Waals surface area contributed by atoms with Gasteiger partial charge in [-0.25, -0.2) is 0 Å². The predicted octanol–water partition coefficient (Wildman–Crippen LogP) is 1.88. The summed E-state index contributed by atoms with van der Waals surface area (Å²) in [5.74, 6) is 0. The monoisotopic (exact) mass is 185 g/mol. The first-order valence-electron chi connectivity index (χ1n) is 5.57. The van der Waals surface area contributed by atoms with Crippen LogP contribution in [0.15, 0.2) is 0 Å². The van der Waals surface area contributed by atoms with Crippen molar-refractivity contribution in [2.75, 3.05) is 20.1 Å². The molecule has 2 fully saturated rings. The Labute approximate surface area is 81.9 Å². The van der Waals surface area contributed by atoms with Crippen molar-refractivity contribution in [3.05, 3.63) is 0 Å². The molecule has 0 amide bonds. The van der Waals surface area contributed by atoms with Crippen molar-refractivity contribution < 1.29 is 5.11 Å². The van der Waals surface area contributed by atoms with E-state index in [1.807, 2.05) is 13.8 Å². The fourth-order valence-corrected chi connectivity index (χ4v) is 2.71. The Balaban J connectivity index is 0.000000396. The lowest BCUT2D eigenvalue weighted by atomic mass is 9.85. The summed E-state index contributed by atoms with van der Waals surface area (Å²) in [7, 11) is 2.18. The molecule has 1 heterocycles. The number of likely N-dealkylation sites (tertiary alicyclic amines) is 1. The highest BCUT2D eigenvalue weighted by Gasteiger charge is 2.42. The summed E-state index contributed by atoms with van der Waals surface area (Å²) < 4.78 is 0. The van der Waals surface area contributed by atoms with Crippen molar-refractivity contribution in [1.82, 2.24) is 4.90 Å². The molecule has 0 radical (unpaired) electrons. The van der Waals surface area contributed by atoms with Crippen LogP contribution in [-0.4, -0.2) is 36.2 Å². The second-order valence-electron chi connectivity index (χ2n) is 4.38. The molecule has 2 heteroatoms. The van der Waals surface area contributed by atoms with Gasteiger partial charge in [-0.2, -0.15) is 0 Å². The maximum atomic E-state index is 9.42. The van der Waals surface area contributed by atoms with Gasteiger partial charge in [0.2, 0.25) is 0 Å². The number of rotatable bonds is 0. The molecule has 2 aliphatic rings. The molecule has 2 atom stereocenters. The minimum atomic E-state index is 0.00139. The Kier molecular flexibility index (Phi) is 3.74. The van der Waals surface area contributed by atoms with Crippen LogP contribution in [-0.2, 0) is 0 Å². The van der Waals surface area contributed by atoms with Crippen LogP contribution in [0.5, 0.6) is 0 Å². The first-order chi connectivity index (χ1) is 6.20. The van der Waals surface area contributed by atoms with Gasteiger partial charge < -0.3 is 10.0 Å². The van der Waals surface area contributed by atoms with Gasteiger partial charge in [-0.15, -0.1) is 0 Å². The van der Waals surface area contributed by atoms with Crippen molar-refractivity contribution in [2.24, 2.45) is 5.41 Å². The summed E-state index contributed by atoms with van der Waals surface area (Å²) in [6, 6.07) is 0. The molecule has 0 aromatic rings. The van der Waals surface area contributed by atoms with Crippen LogP contribution >= 0.6 is 0 Å². The van der Waals surface area contributed by atoms with E-state index in [9.17, 15) is 5.11 Å². The van der Waals surface area contributed by atoms with Crippen LogP contribution in [0, 0.1) is 5.41 Å². The molecule has 2 nitrogen and oxygen atoms in total. The average Bonchev–Trinajstić information content (AvgIpc) is 2.65. The van der Waals surface area contributed by atoms with E-state index in [1.54, 1.807) is 0 Å². The van der Waals surface area contributed by atoms with Gasteiger partial charge in [0.25, 0.3) is 0 Å². The van der Waals surface area contributed by atoms with Crippen LogP contribution in [0.2, 0.25) is 0 Å². The quantitative estimate of drug-likeness (QED) is 0.623. The molecule has 78 valence electrons. The van der Waals surface area contributed by atoms with Gasteiger partial charge in [-0.05, 0) is 44.7 Å². The van der Waals surface area contributed by atoms with Gasteiger partial charge in [0.05, 0.1) is 6.10 Å². The second kappa shape index (κ2) is 4.43. The van der Waals surface area contributed by atoms with E-state index in [0.717, 1.165) is 12.8 Å². The van der Waals surface area contributed by atoms with Gasteiger partial charge in [-0.1, -0.05) is 13.8 Å². The largest absolute Gasteiger partial charge is 0.393 e. The highest BCUT2D eigenvalue weighted by Crippen LogP contribution is 2.44. The van der Waals surface area contributed by atoms with E-state index in [-0.39, 0.29) is 6.10 Å². The van der Waals surface area contributed by atoms with E-state index in [0.29, 0.717) is 5.41 Å². The van der Waals surface area contributed by atoms with Crippen LogP contribution in [0.1, 0.15) is 39.5 Å². The maximum Gasteiger partial charge on any atom is 0.0546 e. The molecule has 1 spiro atoms. The molecule has 13 heavy (non-hydrogen) atoms. The van der Waals surface area contributed by atoms with Gasteiger partial charge in [-0.3, -0.25) is 0 Å². The van der Waals surface area contributed by atoms with Crippen molar-refractivity contribution in [1.29, 1.82) is 0 Å². The van der Waals surface area contributed by atoms with Crippen LogP contribution in [0.25, 0.3) is 0 Å². The summed E-state index contributed by atoms with van der Waals surface area (Å²) in [6.07, 6.45) is 4.64. The number of aliphatic hydroxyl groups excluding tert-OH is 1. The smallest absolute Gasteiger partial charge is 0.0546 e. The Morgan fingerprint density at radius 3 is 2.38 bits per heavy atom. The molecule has 2 rings (SSSR count). The number of hydrogen-bond acceptors (Lipinski definition) is 2. The van der Waals surface area contributed by atoms with E-state index in [1.165, 1.54) is 25.9 Å². The third kappa shape index (κ3) is 2.44. The van der Waals surface area contributed by atoms with Crippen molar-refractivity contribution >= 4 is 0 Å². The van der Waals surface area contributed by atoms with Crippen molar-refractivity contribution in [3.8, 4) is 0 Å². The Morgan fingerprint density at radius 2 is 2.00 bits per heavy atom. The molecular weight excluding hydrogens is 162 g/mol. The molecule has 0 aromatic heterocycles. The average molecular weight is 185 g/mol. The van der Waals surface area contributed by atoms with Crippen LogP contribution in [0.4, 0.5) is 0 Å². The molecule has 1 aliphatic heterocycles. The summed E-state index contributed by atoms with van der Waals surface area (Å²) in [6.45, 7) is 6.44. The van der Waals surface area contributed by atoms with E-state index >= 15 is 0 Å². The fourth-order valence-electron chi connectivity index (χ4n) is 2.71. The van der Waals surface area contributed by atoms with Crippen LogP contribution < -0.4 is 0 Å². The lowest BCUT2D eigenvalue weighted by molar-refractivity contribution is 0.160. The summed E-state index contributed by atoms with van der Waals surface area (Å²) in [5, 5.41) is 9.42. The topological polar surface area (TPSA) is 23.5 Å². The highest BCUT2D eigenvalue weighted by atomic mass is 16.3. The lowest BCUT2D eigenvalue weighted by Crippen LogP contribution is -2.22. The molecule has 1 saturated heterocycles. The van der Waals surface area contributed by atoms with Gasteiger partial charge in [0.15, 0.2) is 0 Å². The zero-order valence-corrected chi connectivity index (χ0v) is 9.21. The summed E-state index contributed by atoms with van der Waals surface area (Å²) >= 11 is 0. The predicted molar refractivity (Wildman–Crippen MR) is 55.8 cm³/mol. The summed E-state index contributed by atoms with van der Waals surface area (Å²) in [4.78, 5) is 2.39. The Morgan fingerprint density at radius 1 is 1.31 bits per heavy atom. The van der Waals surface area contributed by atoms with Gasteiger partial charge >= 0.3 is 0 Å². The van der Waals surface area contributed by atoms with Gasteiger partial charge in [0.1, 0.15) is 0 Å². The van der Waals surface area contributed by atoms with E-state index < -0.39 is 0 Å². The highest BCUT2D eigenvalue weighted by molar-refractivity contribution is 4.95. The zero-order chi connectivity index (χ0) is 9.90. The Hall–Kier alpha value is -0.0800. The molecule has 0 bridgehead atoms. The van der Waals surface area contributed by atoms with E-state index in [2.05, 4.69) is 11.9 Å². The minimum absolute atomic E-state index is 0.00139. The zero-order valence-electron chi connectivity index (χ0n) is 9.21. The maximum absolute atomic E-state index is 9.42. The summed E-state index contributed by atoms with van der Waals surface area (Å²) in [5.41, 5.74) is 0.508. The van der Waals surface area contributed by atoms with Crippen molar-refractivity contribution in [2.45, 2.75) is 45.6 Å². The van der Waals surface area contributed by atoms with Crippen LogP contribution in [0.3, 0.4) is 0 Å². The first-order valence-corrected chi connectivity index (χ1v) is 5.57. The van der Waals surface area contributed by atoms with E-state index in [4.69, 9.17) is 0 Å². The normalized spacial score (nSPS) is 39.2. The molecule has 1 saturated carbocycles. The number of nitrogens with zero attached hydrogens (tertiary/aromatic N) is 1. The second-order valence-corrected chi connectivity index (χ2v) is 4.38. The SMILES string of the molecule is CC.CN1CCC2(CCC(O)C2)C1. The van der Waals surface area contributed by atoms with Gasteiger partial charge in [0, 0.05) is 6.54 Å². The standard InChI is InChI=1S/C9H17NO.C2H6/c1-10-5-4-9(7-10)3-2-8(11)6-9;1-2/h8,11H,2-7H2,1H3;1-2H3. The molecular formula is C11H23NO. The lowest BCUT2D eigenvalue weighted by Gasteiger charge is -2.21. The third-order valence-corrected chi connectivity index (χ3v) is 3.31. The molecule has 2 unspecified atom stereocenters. The third-order valence-electron chi connectivity index (χ3n) is 3.31. The number of hydrogen-bond donors (Lipinski definition) is 1. The number of aliphatic hydroxyl groups is 1. The molecule has 1 aliphatic carbocycles. The Bertz CT molecular complexity index is 140. The molecule has 1 N–H and O–H groups in total. The minimum Gasteiger partial charge on any atom is -0.393 e. The first kappa shape index (κ1) is 11.0. The van der Waals surface area contributed by atoms with Crippen molar-refractivity contribution in [3.63, 3.8) is 0 Å².